The average molecular weight is 600 g/mol. The summed E-state index contributed by atoms with van der Waals surface area (Å²) >= 11 is 0. The Morgan fingerprint density at radius 3 is 1.90 bits per heavy atom. The summed E-state index contributed by atoms with van der Waals surface area (Å²) in [5, 5.41) is 19.9. The molecule has 3 rings (SSSR count). The fourth-order valence-electron chi connectivity index (χ4n) is 3.70. The van der Waals surface area contributed by atoms with Crippen molar-refractivity contribution in [3.8, 4) is 0 Å². The van der Waals surface area contributed by atoms with Crippen molar-refractivity contribution >= 4 is 60.2 Å². The summed E-state index contributed by atoms with van der Waals surface area (Å²) in [5.74, 6) is -0.265. The summed E-state index contributed by atoms with van der Waals surface area (Å²) < 4.78 is 62.8. The summed E-state index contributed by atoms with van der Waals surface area (Å²) in [6.45, 7) is 5.00. The number of hydrogen-bond donors (Lipinski definition) is 3. The fourth-order valence-corrected chi connectivity index (χ4v) is 5.84. The molecule has 13 nitrogen and oxygen atoms in total. The minimum atomic E-state index is -4.99. The summed E-state index contributed by atoms with van der Waals surface area (Å²) in [5.41, 5.74) is 0.270. The molecule has 0 fully saturated rings. The van der Waals surface area contributed by atoms with Crippen molar-refractivity contribution < 1.29 is 60.7 Å². The first-order chi connectivity index (χ1) is 18.3. The summed E-state index contributed by atoms with van der Waals surface area (Å²) in [7, 11) is -8.95. The van der Waals surface area contributed by atoms with E-state index in [1.54, 1.807) is 38.1 Å². The number of sulfonamides is 1. The van der Waals surface area contributed by atoms with Gasteiger partial charge in [-0.1, -0.05) is 13.8 Å². The van der Waals surface area contributed by atoms with Crippen molar-refractivity contribution in [2.24, 2.45) is 0 Å². The number of anilines is 5. The van der Waals surface area contributed by atoms with E-state index in [0.29, 0.717) is 11.4 Å². The van der Waals surface area contributed by atoms with E-state index >= 15 is 0 Å². The number of benzene rings is 3. The van der Waals surface area contributed by atoms with Gasteiger partial charge in [-0.05, 0) is 54.6 Å². The Bertz CT molecular complexity index is 1610. The Morgan fingerprint density at radius 1 is 0.850 bits per heavy atom. The second-order valence-corrected chi connectivity index (χ2v) is 11.5. The quantitative estimate of drug-likeness (QED) is 0.124. The van der Waals surface area contributed by atoms with Gasteiger partial charge in [0.1, 0.15) is 15.8 Å². The minimum Gasteiger partial charge on any atom is -0.744 e. The van der Waals surface area contributed by atoms with Gasteiger partial charge in [0.25, 0.3) is 5.69 Å². The molecular formula is C24H26N5NaO8S2. The molecule has 3 aromatic rings. The molecule has 3 N–H and O–H groups in total. The number of hydrogen-bond acceptors (Lipinski definition) is 10. The molecule has 0 heterocycles. The zero-order valence-corrected chi connectivity index (χ0v) is 25.8. The van der Waals surface area contributed by atoms with E-state index in [-0.39, 0.29) is 70.5 Å². The van der Waals surface area contributed by atoms with Crippen molar-refractivity contribution in [1.29, 1.82) is 0 Å². The monoisotopic (exact) mass is 599 g/mol. The van der Waals surface area contributed by atoms with Gasteiger partial charge in [0.15, 0.2) is 0 Å². The molecule has 3 aromatic carbocycles. The molecule has 0 saturated heterocycles. The van der Waals surface area contributed by atoms with Crippen LogP contribution < -0.4 is 45.5 Å². The Labute approximate surface area is 254 Å². The number of rotatable bonds is 11. The number of nitro groups is 1. The van der Waals surface area contributed by atoms with Gasteiger partial charge in [0.2, 0.25) is 15.9 Å². The van der Waals surface area contributed by atoms with Crippen LogP contribution in [-0.2, 0) is 24.9 Å². The number of nitro benzene ring substituents is 1. The van der Waals surface area contributed by atoms with Crippen LogP contribution in [0.3, 0.4) is 0 Å². The average Bonchev–Trinajstić information content (AvgIpc) is 2.85. The smallest absolute Gasteiger partial charge is 0.744 e. The van der Waals surface area contributed by atoms with Gasteiger partial charge >= 0.3 is 29.6 Å². The largest absolute Gasteiger partial charge is 1.00 e. The van der Waals surface area contributed by atoms with Gasteiger partial charge < -0.3 is 20.5 Å². The van der Waals surface area contributed by atoms with Crippen molar-refractivity contribution in [3.63, 3.8) is 0 Å². The van der Waals surface area contributed by atoms with E-state index in [9.17, 15) is 36.3 Å². The number of carbonyl (C=O) groups excluding carboxylic acids is 1. The Morgan fingerprint density at radius 2 is 1.38 bits per heavy atom. The van der Waals surface area contributed by atoms with Crippen LogP contribution in [0.2, 0.25) is 0 Å². The van der Waals surface area contributed by atoms with E-state index in [1.165, 1.54) is 31.2 Å². The first-order valence-electron chi connectivity index (χ1n) is 11.6. The molecule has 0 saturated carbocycles. The van der Waals surface area contributed by atoms with Gasteiger partial charge in [0.05, 0.1) is 20.4 Å². The van der Waals surface area contributed by atoms with Crippen molar-refractivity contribution in [2.45, 2.75) is 30.6 Å². The molecule has 0 aliphatic rings. The Balaban J connectivity index is 0.00000560. The van der Waals surface area contributed by atoms with Gasteiger partial charge in [-0.3, -0.25) is 14.9 Å². The van der Waals surface area contributed by atoms with Crippen LogP contribution in [0.15, 0.2) is 70.5 Å². The van der Waals surface area contributed by atoms with E-state index < -0.39 is 35.6 Å². The standard InChI is InChI=1S/C24H27N5O8S2.Na/c1-4-28(5-2)38(33,34)20-11-13-21(23(15-20)29(31)32)27-19-10-12-22(24(14-19)39(35,36)37)26-18-8-6-17(7-9-18)25-16(3)30;/h6-15,26-27H,4-5H2,1-3H3,(H,25,30)(H,35,36,37);/q;+1/p-1. The number of nitrogens with zero attached hydrogens (tertiary/aromatic N) is 2. The zero-order chi connectivity index (χ0) is 29.0. The molecule has 16 heteroatoms. The second kappa shape index (κ2) is 13.5. The maximum absolute atomic E-state index is 12.8. The molecule has 0 radical (unpaired) electrons. The maximum Gasteiger partial charge on any atom is 1.00 e. The summed E-state index contributed by atoms with van der Waals surface area (Å²) in [4.78, 5) is 21.3. The third-order valence-electron chi connectivity index (χ3n) is 5.52. The number of nitrogens with one attached hydrogen (secondary N) is 3. The predicted molar refractivity (Wildman–Crippen MR) is 145 cm³/mol. The molecular weight excluding hydrogens is 573 g/mol. The second-order valence-electron chi connectivity index (χ2n) is 8.20. The molecule has 0 atom stereocenters. The molecule has 1 amide bonds. The van der Waals surface area contributed by atoms with Crippen LogP contribution in [0.25, 0.3) is 0 Å². The van der Waals surface area contributed by atoms with Gasteiger partial charge in [0, 0.05) is 43.1 Å². The van der Waals surface area contributed by atoms with Crippen molar-refractivity contribution in [3.05, 3.63) is 70.8 Å². The topological polar surface area (TPSA) is 191 Å². The number of carbonyl (C=O) groups is 1. The molecule has 0 aliphatic heterocycles. The first kappa shape index (κ1) is 33.2. The number of amides is 1. The maximum atomic E-state index is 12.8. The summed E-state index contributed by atoms with van der Waals surface area (Å²) in [6, 6.07) is 13.3. The van der Waals surface area contributed by atoms with E-state index in [1.807, 2.05) is 0 Å². The third kappa shape index (κ3) is 8.00. The van der Waals surface area contributed by atoms with Crippen molar-refractivity contribution in [2.75, 3.05) is 29.0 Å². The minimum absolute atomic E-state index is 0. The third-order valence-corrected chi connectivity index (χ3v) is 8.45. The van der Waals surface area contributed by atoms with Crippen LogP contribution >= 0.6 is 0 Å². The fraction of sp³-hybridized carbons (Fsp3) is 0.208. The van der Waals surface area contributed by atoms with Crippen LogP contribution in [0.5, 0.6) is 0 Å². The molecule has 0 bridgehead atoms. The van der Waals surface area contributed by atoms with Crippen molar-refractivity contribution in [1.82, 2.24) is 4.31 Å². The zero-order valence-electron chi connectivity index (χ0n) is 22.2. The Hall–Kier alpha value is -3.05. The molecule has 40 heavy (non-hydrogen) atoms. The van der Waals surface area contributed by atoms with E-state index in [0.717, 1.165) is 16.4 Å². The molecule has 0 spiro atoms. The van der Waals surface area contributed by atoms with Crippen LogP contribution in [-0.4, -0.2) is 49.6 Å². The molecule has 0 aliphatic carbocycles. The Kier molecular flexibility index (Phi) is 11.2. The van der Waals surface area contributed by atoms with Gasteiger partial charge in [-0.15, -0.1) is 0 Å². The first-order valence-corrected chi connectivity index (χ1v) is 14.4. The molecule has 0 aromatic heterocycles. The van der Waals surface area contributed by atoms with Crippen LogP contribution in [0.4, 0.5) is 34.1 Å². The molecule has 0 unspecified atom stereocenters. The summed E-state index contributed by atoms with van der Waals surface area (Å²) in [6.07, 6.45) is 0. The molecule has 208 valence electrons. The van der Waals surface area contributed by atoms with Gasteiger partial charge in [-0.2, -0.15) is 4.31 Å². The van der Waals surface area contributed by atoms with E-state index in [2.05, 4.69) is 16.0 Å². The normalized spacial score (nSPS) is 11.4. The van der Waals surface area contributed by atoms with Crippen LogP contribution in [0, 0.1) is 10.1 Å². The predicted octanol–water partition coefficient (Wildman–Crippen LogP) is 0.979. The van der Waals surface area contributed by atoms with Gasteiger partial charge in [-0.25, -0.2) is 16.8 Å². The van der Waals surface area contributed by atoms with Crippen LogP contribution in [0.1, 0.15) is 20.8 Å². The SMILES string of the molecule is CCN(CC)S(=O)(=O)c1ccc(Nc2ccc(Nc3ccc(NC(C)=O)cc3)c(S(=O)(=O)[O-])c2)c([N+](=O)[O-])c1.[Na+]. The van der Waals surface area contributed by atoms with E-state index in [4.69, 9.17) is 0 Å².